The van der Waals surface area contributed by atoms with Gasteiger partial charge < -0.3 is 14.5 Å². The van der Waals surface area contributed by atoms with Gasteiger partial charge in [-0.1, -0.05) is 0 Å². The molecule has 124 valence electrons. The molecule has 1 amide bonds. The number of anilines is 1. The summed E-state index contributed by atoms with van der Waals surface area (Å²) in [4.78, 5) is 37.5. The van der Waals surface area contributed by atoms with Crippen molar-refractivity contribution in [3.05, 3.63) is 33.9 Å². The van der Waals surface area contributed by atoms with Crippen LogP contribution >= 0.6 is 0 Å². The molecule has 1 aliphatic rings. The molecule has 0 bridgehead atoms. The molecule has 1 aromatic carbocycles. The summed E-state index contributed by atoms with van der Waals surface area (Å²) in [7, 11) is 1.62. The third-order valence-corrected chi connectivity index (χ3v) is 3.73. The maximum Gasteiger partial charge on any atom is 0.293 e. The first kappa shape index (κ1) is 16.9. The number of amides is 1. The fourth-order valence-electron chi connectivity index (χ4n) is 2.41. The molecule has 0 atom stereocenters. The lowest BCUT2D eigenvalue weighted by Crippen LogP contribution is -2.45. The summed E-state index contributed by atoms with van der Waals surface area (Å²) in [6.07, 6.45) is 0. The summed E-state index contributed by atoms with van der Waals surface area (Å²) in [5.41, 5.74) is 0.393. The van der Waals surface area contributed by atoms with E-state index in [4.69, 9.17) is 4.74 Å². The van der Waals surface area contributed by atoms with E-state index in [2.05, 4.69) is 0 Å². The van der Waals surface area contributed by atoms with Crippen LogP contribution in [0.4, 0.5) is 11.4 Å². The highest BCUT2D eigenvalue weighted by Crippen LogP contribution is 2.28. The van der Waals surface area contributed by atoms with Gasteiger partial charge in [-0.2, -0.15) is 0 Å². The van der Waals surface area contributed by atoms with Crippen LogP contribution in [0.5, 0.6) is 0 Å². The highest BCUT2D eigenvalue weighted by molar-refractivity contribution is 5.95. The van der Waals surface area contributed by atoms with Crippen LogP contribution in [0.3, 0.4) is 0 Å². The summed E-state index contributed by atoms with van der Waals surface area (Å²) in [5, 5.41) is 11.2. The molecule has 1 aromatic rings. The second-order valence-electron chi connectivity index (χ2n) is 5.37. The molecule has 1 aliphatic heterocycles. The molecule has 0 spiro atoms. The topological polar surface area (TPSA) is 93.0 Å². The SMILES string of the molecule is CC(=O)c1ccc(N(C)CC(=O)N2CCOCC2)c([N+](=O)[O-])c1. The standard InChI is InChI=1S/C15H19N3O5/c1-11(19)12-3-4-13(14(9-12)18(21)22)16(2)10-15(20)17-5-7-23-8-6-17/h3-4,9H,5-8,10H2,1-2H3. The number of ether oxygens (including phenoxy) is 1. The molecular weight excluding hydrogens is 302 g/mol. The third-order valence-electron chi connectivity index (χ3n) is 3.73. The molecular formula is C15H19N3O5. The van der Waals surface area contributed by atoms with Gasteiger partial charge in [0.1, 0.15) is 5.69 Å². The fourth-order valence-corrected chi connectivity index (χ4v) is 2.41. The normalized spacial score (nSPS) is 14.4. The van der Waals surface area contributed by atoms with E-state index in [-0.39, 0.29) is 29.5 Å². The highest BCUT2D eigenvalue weighted by Gasteiger charge is 2.23. The molecule has 0 N–H and O–H groups in total. The Bertz CT molecular complexity index is 626. The van der Waals surface area contributed by atoms with E-state index in [1.54, 1.807) is 11.9 Å². The highest BCUT2D eigenvalue weighted by atomic mass is 16.6. The molecule has 8 nitrogen and oxygen atoms in total. The Kier molecular flexibility index (Phi) is 5.28. The minimum absolute atomic E-state index is 0.0280. The van der Waals surface area contributed by atoms with Crippen LogP contribution in [0.15, 0.2) is 18.2 Å². The van der Waals surface area contributed by atoms with Crippen LogP contribution in [0.2, 0.25) is 0 Å². The lowest BCUT2D eigenvalue weighted by atomic mass is 10.1. The number of ketones is 1. The maximum absolute atomic E-state index is 12.2. The van der Waals surface area contributed by atoms with Crippen molar-refractivity contribution in [1.82, 2.24) is 4.90 Å². The Morgan fingerprint density at radius 2 is 2.00 bits per heavy atom. The first-order valence-corrected chi connectivity index (χ1v) is 7.26. The quantitative estimate of drug-likeness (QED) is 0.458. The molecule has 23 heavy (non-hydrogen) atoms. The number of hydrogen-bond acceptors (Lipinski definition) is 6. The number of morpholine rings is 1. The van der Waals surface area contributed by atoms with Gasteiger partial charge in [0.2, 0.25) is 5.91 Å². The number of rotatable bonds is 5. The predicted octanol–water partition coefficient (Wildman–Crippen LogP) is 1.09. The summed E-state index contributed by atoms with van der Waals surface area (Å²) in [6, 6.07) is 4.27. The van der Waals surface area contributed by atoms with Gasteiger partial charge in [0.25, 0.3) is 5.69 Å². The Hall–Kier alpha value is -2.48. The molecule has 0 unspecified atom stereocenters. The van der Waals surface area contributed by atoms with Crippen molar-refractivity contribution in [1.29, 1.82) is 0 Å². The Balaban J connectivity index is 2.17. The van der Waals surface area contributed by atoms with Crippen LogP contribution in [-0.4, -0.2) is 61.4 Å². The summed E-state index contributed by atoms with van der Waals surface area (Å²) < 4.78 is 5.20. The third kappa shape index (κ3) is 4.04. The van der Waals surface area contributed by atoms with Crippen molar-refractivity contribution in [2.75, 3.05) is 44.8 Å². The van der Waals surface area contributed by atoms with E-state index >= 15 is 0 Å². The van der Waals surface area contributed by atoms with Gasteiger partial charge in [0, 0.05) is 31.8 Å². The number of carbonyl (C=O) groups is 2. The summed E-state index contributed by atoms with van der Waals surface area (Å²) in [6.45, 7) is 3.44. The number of hydrogen-bond donors (Lipinski definition) is 0. The number of nitro benzene ring substituents is 1. The van der Waals surface area contributed by atoms with Gasteiger partial charge >= 0.3 is 0 Å². The maximum atomic E-state index is 12.2. The second-order valence-corrected chi connectivity index (χ2v) is 5.37. The molecule has 0 radical (unpaired) electrons. The van der Waals surface area contributed by atoms with Gasteiger partial charge in [-0.15, -0.1) is 0 Å². The van der Waals surface area contributed by atoms with E-state index in [0.717, 1.165) is 0 Å². The minimum atomic E-state index is -0.544. The van der Waals surface area contributed by atoms with Crippen LogP contribution in [-0.2, 0) is 9.53 Å². The fraction of sp³-hybridized carbons (Fsp3) is 0.467. The van der Waals surface area contributed by atoms with E-state index in [1.165, 1.54) is 30.0 Å². The molecule has 1 heterocycles. The van der Waals surface area contributed by atoms with Crippen molar-refractivity contribution < 1.29 is 19.2 Å². The van der Waals surface area contributed by atoms with Crippen molar-refractivity contribution in [3.8, 4) is 0 Å². The molecule has 0 aliphatic carbocycles. The monoisotopic (exact) mass is 321 g/mol. The van der Waals surface area contributed by atoms with Crippen LogP contribution in [0.1, 0.15) is 17.3 Å². The molecule has 0 aromatic heterocycles. The van der Waals surface area contributed by atoms with E-state index < -0.39 is 4.92 Å². The number of nitro groups is 1. The first-order chi connectivity index (χ1) is 10.9. The smallest absolute Gasteiger partial charge is 0.293 e. The van der Waals surface area contributed by atoms with Crippen molar-refractivity contribution in [3.63, 3.8) is 0 Å². The molecule has 2 rings (SSSR count). The zero-order valence-electron chi connectivity index (χ0n) is 13.2. The number of benzene rings is 1. The van der Waals surface area contributed by atoms with Crippen molar-refractivity contribution in [2.45, 2.75) is 6.92 Å². The van der Waals surface area contributed by atoms with Gasteiger partial charge in [0.15, 0.2) is 5.78 Å². The molecule has 0 saturated carbocycles. The Morgan fingerprint density at radius 1 is 1.35 bits per heavy atom. The van der Waals surface area contributed by atoms with Crippen LogP contribution < -0.4 is 4.90 Å². The largest absolute Gasteiger partial charge is 0.378 e. The predicted molar refractivity (Wildman–Crippen MR) is 83.8 cm³/mol. The lowest BCUT2D eigenvalue weighted by Gasteiger charge is -2.29. The van der Waals surface area contributed by atoms with E-state index in [1.807, 2.05) is 0 Å². The summed E-state index contributed by atoms with van der Waals surface area (Å²) >= 11 is 0. The summed E-state index contributed by atoms with van der Waals surface area (Å²) in [5.74, 6) is -0.354. The van der Waals surface area contributed by atoms with Gasteiger partial charge in [-0.3, -0.25) is 19.7 Å². The van der Waals surface area contributed by atoms with E-state index in [0.29, 0.717) is 32.0 Å². The van der Waals surface area contributed by atoms with Gasteiger partial charge in [-0.05, 0) is 19.1 Å². The average Bonchev–Trinajstić information content (AvgIpc) is 2.54. The Morgan fingerprint density at radius 3 is 2.57 bits per heavy atom. The number of Topliss-reactive ketones (excluding diaryl/α,β-unsaturated/α-hetero) is 1. The lowest BCUT2D eigenvalue weighted by molar-refractivity contribution is -0.384. The zero-order chi connectivity index (χ0) is 17.0. The average molecular weight is 321 g/mol. The molecule has 8 heteroatoms. The first-order valence-electron chi connectivity index (χ1n) is 7.26. The number of carbonyl (C=O) groups excluding carboxylic acids is 2. The van der Waals surface area contributed by atoms with Crippen molar-refractivity contribution >= 4 is 23.1 Å². The van der Waals surface area contributed by atoms with Crippen molar-refractivity contribution in [2.24, 2.45) is 0 Å². The second kappa shape index (κ2) is 7.19. The van der Waals surface area contributed by atoms with Crippen LogP contribution in [0, 0.1) is 10.1 Å². The number of nitrogens with zero attached hydrogens (tertiary/aromatic N) is 3. The zero-order valence-corrected chi connectivity index (χ0v) is 13.2. The van der Waals surface area contributed by atoms with Gasteiger partial charge in [-0.25, -0.2) is 0 Å². The van der Waals surface area contributed by atoms with Gasteiger partial charge in [0.05, 0.1) is 24.7 Å². The minimum Gasteiger partial charge on any atom is -0.378 e. The molecule has 1 fully saturated rings. The Labute approximate surface area is 133 Å². The van der Waals surface area contributed by atoms with Crippen LogP contribution in [0.25, 0.3) is 0 Å². The molecule has 1 saturated heterocycles. The number of likely N-dealkylation sites (N-methyl/N-ethyl adjacent to an activating group) is 1. The van der Waals surface area contributed by atoms with E-state index in [9.17, 15) is 19.7 Å².